The highest BCUT2D eigenvalue weighted by molar-refractivity contribution is 6.31. The number of aliphatic hydroxyl groups excluding tert-OH is 1. The Balaban J connectivity index is 1.88. The number of halogens is 2. The quantitative estimate of drug-likeness (QED) is 0.880. The Kier molecular flexibility index (Phi) is 4.91. The van der Waals surface area contributed by atoms with Crippen molar-refractivity contribution in [3.8, 4) is 0 Å². The van der Waals surface area contributed by atoms with E-state index in [2.05, 4.69) is 5.32 Å². The van der Waals surface area contributed by atoms with Crippen molar-refractivity contribution < 1.29 is 9.50 Å². The largest absolute Gasteiger partial charge is 0.387 e. The van der Waals surface area contributed by atoms with E-state index in [9.17, 15) is 9.50 Å². The van der Waals surface area contributed by atoms with E-state index in [1.807, 2.05) is 24.3 Å². The molecule has 0 saturated heterocycles. The summed E-state index contributed by atoms with van der Waals surface area (Å²) < 4.78 is 13.0. The average molecular weight is 280 g/mol. The molecule has 2 aromatic rings. The Bertz CT molecular complexity index is 547. The lowest BCUT2D eigenvalue weighted by Crippen LogP contribution is -2.21. The minimum absolute atomic E-state index is 0.342. The average Bonchev–Trinajstić information content (AvgIpc) is 2.41. The standard InChI is InChI=1S/C15H15ClFNO/c16-14-7-2-1-4-12(14)9-18-10-15(19)11-5-3-6-13(17)8-11/h1-8,15,18-19H,9-10H2. The highest BCUT2D eigenvalue weighted by Gasteiger charge is 2.08. The second-order valence-electron chi connectivity index (χ2n) is 4.29. The van der Waals surface area contributed by atoms with E-state index in [-0.39, 0.29) is 5.82 Å². The van der Waals surface area contributed by atoms with Gasteiger partial charge in [0.2, 0.25) is 0 Å². The Morgan fingerprint density at radius 1 is 1.16 bits per heavy atom. The van der Waals surface area contributed by atoms with Crippen LogP contribution in [0.4, 0.5) is 4.39 Å². The van der Waals surface area contributed by atoms with Gasteiger partial charge >= 0.3 is 0 Å². The first-order valence-corrected chi connectivity index (χ1v) is 6.42. The van der Waals surface area contributed by atoms with Crippen molar-refractivity contribution in [2.45, 2.75) is 12.6 Å². The number of benzene rings is 2. The zero-order valence-corrected chi connectivity index (χ0v) is 11.1. The maximum absolute atomic E-state index is 13.0. The molecule has 100 valence electrons. The fourth-order valence-corrected chi connectivity index (χ4v) is 2.02. The van der Waals surface area contributed by atoms with Crippen LogP contribution >= 0.6 is 11.6 Å². The summed E-state index contributed by atoms with van der Waals surface area (Å²) in [5.74, 6) is -0.345. The van der Waals surface area contributed by atoms with Crippen LogP contribution in [0.5, 0.6) is 0 Å². The fourth-order valence-electron chi connectivity index (χ4n) is 1.82. The van der Waals surface area contributed by atoms with Gasteiger partial charge in [0.1, 0.15) is 5.82 Å². The molecule has 0 saturated carbocycles. The van der Waals surface area contributed by atoms with Crippen molar-refractivity contribution in [2.75, 3.05) is 6.54 Å². The summed E-state index contributed by atoms with van der Waals surface area (Å²) in [6.45, 7) is 0.903. The second-order valence-corrected chi connectivity index (χ2v) is 4.70. The molecule has 2 nitrogen and oxygen atoms in total. The number of aliphatic hydroxyl groups is 1. The zero-order chi connectivity index (χ0) is 13.7. The van der Waals surface area contributed by atoms with E-state index < -0.39 is 6.10 Å². The third-order valence-corrected chi connectivity index (χ3v) is 3.21. The fraction of sp³-hybridized carbons (Fsp3) is 0.200. The van der Waals surface area contributed by atoms with Crippen LogP contribution in [0.1, 0.15) is 17.2 Å². The highest BCUT2D eigenvalue weighted by atomic mass is 35.5. The lowest BCUT2D eigenvalue weighted by molar-refractivity contribution is 0.174. The molecule has 0 fully saturated rings. The molecule has 0 radical (unpaired) electrons. The number of hydrogen-bond donors (Lipinski definition) is 2. The van der Waals surface area contributed by atoms with Gasteiger partial charge in [0.15, 0.2) is 0 Å². The molecule has 2 aromatic carbocycles. The van der Waals surface area contributed by atoms with Crippen molar-refractivity contribution in [1.82, 2.24) is 5.32 Å². The van der Waals surface area contributed by atoms with Gasteiger partial charge in [-0.05, 0) is 29.3 Å². The summed E-state index contributed by atoms with van der Waals surface area (Å²) in [5.41, 5.74) is 1.53. The van der Waals surface area contributed by atoms with Gasteiger partial charge < -0.3 is 10.4 Å². The van der Waals surface area contributed by atoms with Crippen molar-refractivity contribution in [3.63, 3.8) is 0 Å². The van der Waals surface area contributed by atoms with Crippen LogP contribution in [0.15, 0.2) is 48.5 Å². The first-order chi connectivity index (χ1) is 9.16. The van der Waals surface area contributed by atoms with Crippen LogP contribution in [-0.4, -0.2) is 11.7 Å². The lowest BCUT2D eigenvalue weighted by atomic mass is 10.1. The van der Waals surface area contributed by atoms with Crippen molar-refractivity contribution in [1.29, 1.82) is 0 Å². The van der Waals surface area contributed by atoms with Gasteiger partial charge in [0.05, 0.1) is 6.10 Å². The maximum Gasteiger partial charge on any atom is 0.123 e. The number of nitrogens with one attached hydrogen (secondary N) is 1. The summed E-state index contributed by atoms with van der Waals surface area (Å²) in [7, 11) is 0. The molecule has 0 aliphatic carbocycles. The van der Waals surface area contributed by atoms with E-state index in [0.29, 0.717) is 23.7 Å². The predicted octanol–water partition coefficient (Wildman–Crippen LogP) is 3.30. The minimum atomic E-state index is -0.738. The molecular weight excluding hydrogens is 265 g/mol. The van der Waals surface area contributed by atoms with Crippen LogP contribution in [0, 0.1) is 5.82 Å². The van der Waals surface area contributed by atoms with Gasteiger partial charge in [-0.3, -0.25) is 0 Å². The third-order valence-electron chi connectivity index (χ3n) is 2.84. The van der Waals surface area contributed by atoms with Crippen LogP contribution in [0.25, 0.3) is 0 Å². The van der Waals surface area contributed by atoms with Crippen LogP contribution < -0.4 is 5.32 Å². The Morgan fingerprint density at radius 3 is 2.68 bits per heavy atom. The molecule has 2 N–H and O–H groups in total. The molecule has 0 amide bonds. The number of rotatable bonds is 5. The van der Waals surface area contributed by atoms with Gasteiger partial charge in [-0.1, -0.05) is 41.9 Å². The summed E-state index contributed by atoms with van der Waals surface area (Å²) >= 11 is 6.03. The molecule has 0 aliphatic rings. The topological polar surface area (TPSA) is 32.3 Å². The van der Waals surface area contributed by atoms with Crippen molar-refractivity contribution >= 4 is 11.6 Å². The lowest BCUT2D eigenvalue weighted by Gasteiger charge is -2.13. The van der Waals surface area contributed by atoms with Crippen molar-refractivity contribution in [3.05, 3.63) is 70.5 Å². The van der Waals surface area contributed by atoms with Gasteiger partial charge in [-0.15, -0.1) is 0 Å². The molecule has 0 heterocycles. The van der Waals surface area contributed by atoms with Crippen LogP contribution in [0.3, 0.4) is 0 Å². The van der Waals surface area contributed by atoms with Crippen LogP contribution in [0.2, 0.25) is 5.02 Å². The van der Waals surface area contributed by atoms with Gasteiger partial charge in [-0.2, -0.15) is 0 Å². The summed E-state index contributed by atoms with van der Waals surface area (Å²) in [4.78, 5) is 0. The Labute approximate surface area is 116 Å². The van der Waals surface area contributed by atoms with Gasteiger partial charge in [0.25, 0.3) is 0 Å². The van der Waals surface area contributed by atoms with Gasteiger partial charge in [0, 0.05) is 18.1 Å². The molecule has 0 spiro atoms. The van der Waals surface area contributed by atoms with E-state index in [1.165, 1.54) is 12.1 Å². The minimum Gasteiger partial charge on any atom is -0.387 e. The van der Waals surface area contributed by atoms with E-state index in [4.69, 9.17) is 11.6 Å². The first-order valence-electron chi connectivity index (χ1n) is 6.04. The van der Waals surface area contributed by atoms with Crippen molar-refractivity contribution in [2.24, 2.45) is 0 Å². The van der Waals surface area contributed by atoms with E-state index >= 15 is 0 Å². The summed E-state index contributed by atoms with van der Waals surface area (Å²) in [6.07, 6.45) is -0.738. The first kappa shape index (κ1) is 14.0. The molecule has 2 rings (SSSR count). The zero-order valence-electron chi connectivity index (χ0n) is 10.3. The predicted molar refractivity (Wildman–Crippen MR) is 74.5 cm³/mol. The summed E-state index contributed by atoms with van der Waals surface area (Å²) in [5, 5.41) is 13.7. The molecule has 1 atom stereocenters. The smallest absolute Gasteiger partial charge is 0.123 e. The molecule has 0 aliphatic heterocycles. The van der Waals surface area contributed by atoms with E-state index in [0.717, 1.165) is 5.56 Å². The van der Waals surface area contributed by atoms with E-state index in [1.54, 1.807) is 12.1 Å². The SMILES string of the molecule is OC(CNCc1ccccc1Cl)c1cccc(F)c1. The molecule has 1 unspecified atom stereocenters. The monoisotopic (exact) mass is 279 g/mol. The molecule has 0 aromatic heterocycles. The molecule has 0 bridgehead atoms. The number of hydrogen-bond acceptors (Lipinski definition) is 2. The third kappa shape index (κ3) is 4.03. The maximum atomic E-state index is 13.0. The molecule has 4 heteroatoms. The normalized spacial score (nSPS) is 12.4. The van der Waals surface area contributed by atoms with Crippen LogP contribution in [-0.2, 0) is 6.54 Å². The molecule has 19 heavy (non-hydrogen) atoms. The molecular formula is C15H15ClFNO. The Morgan fingerprint density at radius 2 is 1.95 bits per heavy atom. The summed E-state index contributed by atoms with van der Waals surface area (Å²) in [6, 6.07) is 13.5. The van der Waals surface area contributed by atoms with Gasteiger partial charge in [-0.25, -0.2) is 4.39 Å². The second kappa shape index (κ2) is 6.66. The Hall–Kier alpha value is -1.42. The highest BCUT2D eigenvalue weighted by Crippen LogP contribution is 2.16.